The van der Waals surface area contributed by atoms with Gasteiger partial charge in [0.25, 0.3) is 0 Å². The highest BCUT2D eigenvalue weighted by atomic mass is 32.2. The standard InChI is InChI=1S/C25H24N4OS/c1-3-19-13-15-21(16-14-19)29-24(20-10-5-4-6-11-20)27-28-25(29)31-17-23(30)26-22-12-8-7-9-18(22)2/h4-16H,3,17H2,1-2H3,(H,26,30). The molecule has 0 spiro atoms. The van der Waals surface area contributed by atoms with Crippen molar-refractivity contribution in [3.63, 3.8) is 0 Å². The molecule has 0 unspecified atom stereocenters. The van der Waals surface area contributed by atoms with Crippen LogP contribution in [-0.4, -0.2) is 26.4 Å². The van der Waals surface area contributed by atoms with Gasteiger partial charge in [-0.1, -0.05) is 79.3 Å². The van der Waals surface area contributed by atoms with Crippen molar-refractivity contribution in [1.29, 1.82) is 0 Å². The van der Waals surface area contributed by atoms with Crippen molar-refractivity contribution < 1.29 is 4.79 Å². The molecule has 1 heterocycles. The van der Waals surface area contributed by atoms with Crippen molar-refractivity contribution in [2.45, 2.75) is 25.4 Å². The lowest BCUT2D eigenvalue weighted by atomic mass is 10.1. The number of hydrogen-bond acceptors (Lipinski definition) is 4. The Bertz CT molecular complexity index is 1170. The first-order valence-electron chi connectivity index (χ1n) is 10.2. The lowest BCUT2D eigenvalue weighted by Gasteiger charge is -2.11. The van der Waals surface area contributed by atoms with E-state index in [-0.39, 0.29) is 11.7 Å². The molecule has 31 heavy (non-hydrogen) atoms. The van der Waals surface area contributed by atoms with Crippen LogP contribution >= 0.6 is 11.8 Å². The molecule has 3 aromatic carbocycles. The maximum absolute atomic E-state index is 12.6. The second-order valence-electron chi connectivity index (χ2n) is 7.18. The average molecular weight is 429 g/mol. The minimum absolute atomic E-state index is 0.0727. The van der Waals surface area contributed by atoms with E-state index >= 15 is 0 Å². The molecule has 0 saturated carbocycles. The SMILES string of the molecule is CCc1ccc(-n2c(SCC(=O)Nc3ccccc3C)nnc2-c2ccccc2)cc1. The summed E-state index contributed by atoms with van der Waals surface area (Å²) in [7, 11) is 0. The maximum atomic E-state index is 12.6. The van der Waals surface area contributed by atoms with Crippen LogP contribution < -0.4 is 5.32 Å². The minimum Gasteiger partial charge on any atom is -0.325 e. The van der Waals surface area contributed by atoms with Gasteiger partial charge in [-0.15, -0.1) is 10.2 Å². The molecule has 4 rings (SSSR count). The fraction of sp³-hybridized carbons (Fsp3) is 0.160. The number of rotatable bonds is 7. The zero-order valence-electron chi connectivity index (χ0n) is 17.6. The molecule has 1 amide bonds. The van der Waals surface area contributed by atoms with Gasteiger partial charge in [-0.05, 0) is 42.7 Å². The van der Waals surface area contributed by atoms with E-state index in [1.807, 2.05) is 66.1 Å². The molecule has 0 saturated heterocycles. The van der Waals surface area contributed by atoms with Gasteiger partial charge >= 0.3 is 0 Å². The van der Waals surface area contributed by atoms with E-state index in [1.54, 1.807) is 0 Å². The number of nitrogens with zero attached hydrogens (tertiary/aromatic N) is 3. The van der Waals surface area contributed by atoms with Gasteiger partial charge in [0, 0.05) is 16.9 Å². The summed E-state index contributed by atoms with van der Waals surface area (Å²) in [5.74, 6) is 0.928. The number of hydrogen-bond donors (Lipinski definition) is 1. The fourth-order valence-electron chi connectivity index (χ4n) is 3.28. The third-order valence-corrected chi connectivity index (χ3v) is 5.95. The Morgan fingerprint density at radius 1 is 0.935 bits per heavy atom. The molecule has 0 aliphatic rings. The third-order valence-electron chi connectivity index (χ3n) is 5.02. The zero-order chi connectivity index (χ0) is 21.6. The smallest absolute Gasteiger partial charge is 0.234 e. The van der Waals surface area contributed by atoms with Crippen LogP contribution in [-0.2, 0) is 11.2 Å². The van der Waals surface area contributed by atoms with Crippen LogP contribution in [0.1, 0.15) is 18.1 Å². The number of amides is 1. The Morgan fingerprint density at radius 3 is 2.35 bits per heavy atom. The number of nitrogens with one attached hydrogen (secondary N) is 1. The predicted molar refractivity (Wildman–Crippen MR) is 127 cm³/mol. The molecule has 0 aliphatic heterocycles. The van der Waals surface area contributed by atoms with Crippen LogP contribution in [0.15, 0.2) is 84.0 Å². The molecule has 5 nitrogen and oxygen atoms in total. The number of carbonyl (C=O) groups excluding carboxylic acids is 1. The second kappa shape index (κ2) is 9.62. The monoisotopic (exact) mass is 428 g/mol. The van der Waals surface area contributed by atoms with Crippen LogP contribution in [0, 0.1) is 6.92 Å². The van der Waals surface area contributed by atoms with Crippen molar-refractivity contribution in [2.24, 2.45) is 0 Å². The number of thioether (sulfide) groups is 1. The minimum atomic E-state index is -0.0727. The van der Waals surface area contributed by atoms with Crippen molar-refractivity contribution >= 4 is 23.4 Å². The number of para-hydroxylation sites is 1. The van der Waals surface area contributed by atoms with Gasteiger partial charge in [-0.3, -0.25) is 9.36 Å². The Kier molecular flexibility index (Phi) is 6.48. The quantitative estimate of drug-likeness (QED) is 0.393. The molecular formula is C25H24N4OS. The summed E-state index contributed by atoms with van der Waals surface area (Å²) in [4.78, 5) is 12.6. The second-order valence-corrected chi connectivity index (χ2v) is 8.12. The Morgan fingerprint density at radius 2 is 1.65 bits per heavy atom. The van der Waals surface area contributed by atoms with E-state index < -0.39 is 0 Å². The molecule has 4 aromatic rings. The van der Waals surface area contributed by atoms with Gasteiger partial charge in [0.1, 0.15) is 0 Å². The molecule has 0 radical (unpaired) electrons. The molecule has 0 aliphatic carbocycles. The largest absolute Gasteiger partial charge is 0.325 e. The summed E-state index contributed by atoms with van der Waals surface area (Å²) in [6, 6.07) is 26.1. The highest BCUT2D eigenvalue weighted by molar-refractivity contribution is 7.99. The van der Waals surface area contributed by atoms with E-state index in [2.05, 4.69) is 46.7 Å². The highest BCUT2D eigenvalue weighted by Gasteiger charge is 2.17. The van der Waals surface area contributed by atoms with Crippen LogP contribution in [0.4, 0.5) is 5.69 Å². The lowest BCUT2D eigenvalue weighted by Crippen LogP contribution is -2.15. The zero-order valence-corrected chi connectivity index (χ0v) is 18.4. The summed E-state index contributed by atoms with van der Waals surface area (Å²) in [6.45, 7) is 4.11. The van der Waals surface area contributed by atoms with Crippen molar-refractivity contribution in [3.8, 4) is 17.1 Å². The number of aromatic nitrogens is 3. The van der Waals surface area contributed by atoms with Crippen LogP contribution in [0.2, 0.25) is 0 Å². The number of carbonyl (C=O) groups is 1. The highest BCUT2D eigenvalue weighted by Crippen LogP contribution is 2.28. The predicted octanol–water partition coefficient (Wildman–Crippen LogP) is 5.54. The number of anilines is 1. The van der Waals surface area contributed by atoms with E-state index in [9.17, 15) is 4.79 Å². The third kappa shape index (κ3) is 4.86. The van der Waals surface area contributed by atoms with Gasteiger partial charge in [-0.25, -0.2) is 0 Å². The van der Waals surface area contributed by atoms with Gasteiger partial charge in [-0.2, -0.15) is 0 Å². The normalized spacial score (nSPS) is 10.8. The molecular weight excluding hydrogens is 404 g/mol. The molecule has 6 heteroatoms. The first-order chi connectivity index (χ1) is 15.2. The van der Waals surface area contributed by atoms with Gasteiger partial charge in [0.15, 0.2) is 11.0 Å². The first kappa shape index (κ1) is 20.9. The van der Waals surface area contributed by atoms with Crippen LogP contribution in [0.5, 0.6) is 0 Å². The van der Waals surface area contributed by atoms with Crippen molar-refractivity contribution in [2.75, 3.05) is 11.1 Å². The summed E-state index contributed by atoms with van der Waals surface area (Å²) in [5, 5.41) is 12.5. The Hall–Kier alpha value is -3.38. The topological polar surface area (TPSA) is 59.8 Å². The van der Waals surface area contributed by atoms with Gasteiger partial charge in [0.05, 0.1) is 5.75 Å². The Balaban J connectivity index is 1.60. The molecule has 0 fully saturated rings. The maximum Gasteiger partial charge on any atom is 0.234 e. The molecule has 156 valence electrons. The number of aryl methyl sites for hydroxylation is 2. The van der Waals surface area contributed by atoms with Crippen molar-refractivity contribution in [3.05, 3.63) is 90.0 Å². The summed E-state index contributed by atoms with van der Waals surface area (Å²) >= 11 is 1.38. The molecule has 0 bridgehead atoms. The Labute approximate surface area is 186 Å². The van der Waals surface area contributed by atoms with Crippen LogP contribution in [0.3, 0.4) is 0 Å². The molecule has 0 atom stereocenters. The molecule has 1 N–H and O–H groups in total. The number of benzene rings is 3. The summed E-state index contributed by atoms with van der Waals surface area (Å²) in [5.41, 5.74) is 5.08. The average Bonchev–Trinajstić information content (AvgIpc) is 3.24. The molecule has 1 aromatic heterocycles. The van der Waals surface area contributed by atoms with Crippen molar-refractivity contribution in [1.82, 2.24) is 14.8 Å². The summed E-state index contributed by atoms with van der Waals surface area (Å²) in [6.07, 6.45) is 0.981. The van der Waals surface area contributed by atoms with Gasteiger partial charge in [0.2, 0.25) is 5.91 Å². The fourth-order valence-corrected chi connectivity index (χ4v) is 4.03. The van der Waals surface area contributed by atoms with E-state index in [1.165, 1.54) is 17.3 Å². The van der Waals surface area contributed by atoms with E-state index in [0.29, 0.717) is 5.16 Å². The van der Waals surface area contributed by atoms with Crippen LogP contribution in [0.25, 0.3) is 17.1 Å². The van der Waals surface area contributed by atoms with E-state index in [4.69, 9.17) is 0 Å². The van der Waals surface area contributed by atoms with E-state index in [0.717, 1.165) is 34.7 Å². The van der Waals surface area contributed by atoms with Gasteiger partial charge < -0.3 is 5.32 Å². The lowest BCUT2D eigenvalue weighted by molar-refractivity contribution is -0.113. The first-order valence-corrected chi connectivity index (χ1v) is 11.2. The summed E-state index contributed by atoms with van der Waals surface area (Å²) < 4.78 is 2.01.